The topological polar surface area (TPSA) is 119 Å². The molecule has 0 aromatic carbocycles. The molecule has 2 heterocycles. The minimum absolute atomic E-state index is 0.102. The fraction of sp³-hybridized carbons (Fsp3) is 0.273. The molecule has 2 unspecified atom stereocenters. The lowest BCUT2D eigenvalue weighted by Gasteiger charge is -2.49. The summed E-state index contributed by atoms with van der Waals surface area (Å²) < 4.78 is 0. The second-order valence-electron chi connectivity index (χ2n) is 4.02. The number of rotatable bonds is 4. The van der Waals surface area contributed by atoms with Crippen LogP contribution < -0.4 is 5.32 Å². The number of carbonyl (C=O) groups excluding carboxylic acids is 2. The number of β-lactam (4-membered cyclic amide) rings is 1. The zero-order valence-electron chi connectivity index (χ0n) is 10.1. The van der Waals surface area contributed by atoms with Gasteiger partial charge in [0.1, 0.15) is 23.3 Å². The van der Waals surface area contributed by atoms with Gasteiger partial charge in [0.2, 0.25) is 0 Å². The number of fused-ring (bicyclic) bond motifs is 1. The third kappa shape index (κ3) is 2.16. The largest absolute Gasteiger partial charge is 0.477 e. The molecule has 0 aromatic rings. The zero-order chi connectivity index (χ0) is 14.9. The number of hydrogen-bond donors (Lipinski definition) is 3. The molecule has 0 aromatic heterocycles. The smallest absolute Gasteiger partial charge is 0.352 e. The summed E-state index contributed by atoms with van der Waals surface area (Å²) >= 11 is 1.33. The number of amides is 2. The Morgan fingerprint density at radius 1 is 1.55 bits per heavy atom. The number of aliphatic carboxylic acids is 1. The molecular weight excluding hydrogens is 286 g/mol. The average Bonchev–Trinajstić information content (AvgIpc) is 2.43. The van der Waals surface area contributed by atoms with E-state index >= 15 is 0 Å². The van der Waals surface area contributed by atoms with Gasteiger partial charge in [-0.05, 0) is 5.57 Å². The molecule has 1 saturated heterocycles. The SMILES string of the molecule is C=CC1=C(C(=O)O)N2C(=O)C(NC(=O)/C=N\O)C2SC1. The summed E-state index contributed by atoms with van der Waals surface area (Å²) in [5.74, 6) is -2.06. The van der Waals surface area contributed by atoms with E-state index in [1.165, 1.54) is 17.8 Å². The first kappa shape index (κ1) is 14.1. The molecule has 0 radical (unpaired) electrons. The molecule has 1 fully saturated rings. The van der Waals surface area contributed by atoms with Crippen LogP contribution >= 0.6 is 11.8 Å². The number of thioether (sulfide) groups is 1. The lowest BCUT2D eigenvalue weighted by molar-refractivity contribution is -0.150. The number of carbonyl (C=O) groups is 3. The van der Waals surface area contributed by atoms with E-state index in [1.54, 1.807) is 0 Å². The van der Waals surface area contributed by atoms with Gasteiger partial charge in [-0.15, -0.1) is 11.8 Å². The van der Waals surface area contributed by atoms with E-state index in [0.29, 0.717) is 17.5 Å². The van der Waals surface area contributed by atoms with Crippen LogP contribution in [0.3, 0.4) is 0 Å². The highest BCUT2D eigenvalue weighted by molar-refractivity contribution is 8.00. The van der Waals surface area contributed by atoms with Crippen molar-refractivity contribution in [1.29, 1.82) is 0 Å². The van der Waals surface area contributed by atoms with E-state index in [2.05, 4.69) is 17.1 Å². The Hall–Kier alpha value is -2.29. The van der Waals surface area contributed by atoms with Crippen molar-refractivity contribution in [2.45, 2.75) is 11.4 Å². The Morgan fingerprint density at radius 3 is 2.80 bits per heavy atom. The molecule has 2 atom stereocenters. The molecule has 0 saturated carbocycles. The Balaban J connectivity index is 2.21. The summed E-state index contributed by atoms with van der Waals surface area (Å²) in [6.45, 7) is 3.53. The molecule has 0 bridgehead atoms. The van der Waals surface area contributed by atoms with Gasteiger partial charge in [-0.1, -0.05) is 17.8 Å². The number of allylic oxidation sites excluding steroid dienone is 1. The summed E-state index contributed by atoms with van der Waals surface area (Å²) in [7, 11) is 0. The van der Waals surface area contributed by atoms with E-state index in [0.717, 1.165) is 4.90 Å². The molecule has 106 valence electrons. The van der Waals surface area contributed by atoms with Gasteiger partial charge in [0.15, 0.2) is 0 Å². The maximum atomic E-state index is 12.0. The highest BCUT2D eigenvalue weighted by atomic mass is 32.2. The number of carboxylic acids is 1. The quantitative estimate of drug-likeness (QED) is 0.275. The van der Waals surface area contributed by atoms with Crippen LogP contribution in [0.15, 0.2) is 29.1 Å². The van der Waals surface area contributed by atoms with Crippen molar-refractivity contribution in [3.8, 4) is 0 Å². The second kappa shape index (κ2) is 5.37. The van der Waals surface area contributed by atoms with Crippen LogP contribution in [0.4, 0.5) is 0 Å². The number of oxime groups is 1. The monoisotopic (exact) mass is 297 g/mol. The van der Waals surface area contributed by atoms with E-state index in [4.69, 9.17) is 5.21 Å². The Kier molecular flexibility index (Phi) is 3.79. The minimum atomic E-state index is -1.21. The predicted octanol–water partition coefficient (Wildman–Crippen LogP) is -0.629. The van der Waals surface area contributed by atoms with Crippen LogP contribution in [0.25, 0.3) is 0 Å². The van der Waals surface area contributed by atoms with Gasteiger partial charge in [0.25, 0.3) is 11.8 Å². The first-order chi connectivity index (χ1) is 9.51. The second-order valence-corrected chi connectivity index (χ2v) is 5.13. The Labute approximate surface area is 117 Å². The summed E-state index contributed by atoms with van der Waals surface area (Å²) in [5, 5.41) is 21.9. The van der Waals surface area contributed by atoms with Crippen molar-refractivity contribution in [2.75, 3.05) is 5.75 Å². The summed E-state index contributed by atoms with van der Waals surface area (Å²) in [4.78, 5) is 35.6. The summed E-state index contributed by atoms with van der Waals surface area (Å²) in [6.07, 6.45) is 2.04. The number of carboxylic acid groups (broad SMARTS) is 1. The standard InChI is InChI=1S/C11H11N3O5S/c1-2-5-4-20-10-7(13-6(15)3-12-19)9(16)14(10)8(5)11(17)18/h2-3,7,10,19H,1,4H2,(H,13,15)(H,17,18)/b12-3-. The molecule has 0 aliphatic carbocycles. The van der Waals surface area contributed by atoms with Crippen molar-refractivity contribution in [3.05, 3.63) is 23.9 Å². The predicted molar refractivity (Wildman–Crippen MR) is 70.2 cm³/mol. The molecule has 8 nitrogen and oxygen atoms in total. The van der Waals surface area contributed by atoms with Gasteiger partial charge in [-0.25, -0.2) is 4.79 Å². The third-order valence-electron chi connectivity index (χ3n) is 2.92. The van der Waals surface area contributed by atoms with E-state index in [-0.39, 0.29) is 5.70 Å². The number of hydrogen-bond acceptors (Lipinski definition) is 6. The van der Waals surface area contributed by atoms with Crippen molar-refractivity contribution in [2.24, 2.45) is 5.16 Å². The molecule has 2 rings (SSSR count). The van der Waals surface area contributed by atoms with Crippen LogP contribution in [-0.2, 0) is 14.4 Å². The normalized spacial score (nSPS) is 25.2. The summed E-state index contributed by atoms with van der Waals surface area (Å²) in [5.41, 5.74) is 0.365. The van der Waals surface area contributed by atoms with Crippen LogP contribution in [0.5, 0.6) is 0 Å². The van der Waals surface area contributed by atoms with Gasteiger partial charge in [-0.2, -0.15) is 0 Å². The van der Waals surface area contributed by atoms with E-state index < -0.39 is 29.2 Å². The third-order valence-corrected chi connectivity index (χ3v) is 4.22. The van der Waals surface area contributed by atoms with Crippen molar-refractivity contribution in [1.82, 2.24) is 10.2 Å². The van der Waals surface area contributed by atoms with Crippen LogP contribution in [-0.4, -0.2) is 56.4 Å². The van der Waals surface area contributed by atoms with Crippen molar-refractivity contribution < 1.29 is 24.7 Å². The number of nitrogens with zero attached hydrogens (tertiary/aromatic N) is 2. The van der Waals surface area contributed by atoms with E-state index in [9.17, 15) is 19.5 Å². The molecule has 2 aliphatic heterocycles. The maximum Gasteiger partial charge on any atom is 0.352 e. The van der Waals surface area contributed by atoms with Gasteiger partial charge in [-0.3, -0.25) is 14.5 Å². The maximum absolute atomic E-state index is 12.0. The van der Waals surface area contributed by atoms with Crippen LogP contribution in [0.1, 0.15) is 0 Å². The fourth-order valence-corrected chi connectivity index (χ4v) is 3.38. The lowest BCUT2D eigenvalue weighted by atomic mass is 10.0. The molecule has 0 spiro atoms. The van der Waals surface area contributed by atoms with Gasteiger partial charge >= 0.3 is 5.97 Å². The lowest BCUT2D eigenvalue weighted by Crippen LogP contribution is -2.70. The molecule has 2 aliphatic rings. The highest BCUT2D eigenvalue weighted by Gasteiger charge is 2.53. The first-order valence-corrected chi connectivity index (χ1v) is 6.57. The first-order valence-electron chi connectivity index (χ1n) is 5.52. The Bertz CT molecular complexity index is 556. The molecular formula is C11H11N3O5S. The molecule has 20 heavy (non-hydrogen) atoms. The molecule has 9 heteroatoms. The van der Waals surface area contributed by atoms with Gasteiger partial charge in [0.05, 0.1) is 0 Å². The summed E-state index contributed by atoms with van der Waals surface area (Å²) in [6, 6.07) is -0.828. The van der Waals surface area contributed by atoms with Crippen LogP contribution in [0.2, 0.25) is 0 Å². The molecule has 2 amide bonds. The van der Waals surface area contributed by atoms with E-state index in [1.807, 2.05) is 0 Å². The van der Waals surface area contributed by atoms with Crippen molar-refractivity contribution in [3.63, 3.8) is 0 Å². The molecule has 3 N–H and O–H groups in total. The fourth-order valence-electron chi connectivity index (χ4n) is 2.04. The average molecular weight is 297 g/mol. The van der Waals surface area contributed by atoms with Gasteiger partial charge in [0, 0.05) is 5.75 Å². The zero-order valence-corrected chi connectivity index (χ0v) is 11.0. The van der Waals surface area contributed by atoms with Gasteiger partial charge < -0.3 is 15.6 Å². The van der Waals surface area contributed by atoms with Crippen molar-refractivity contribution >= 4 is 35.8 Å². The highest BCUT2D eigenvalue weighted by Crippen LogP contribution is 2.40. The van der Waals surface area contributed by atoms with Crippen LogP contribution in [0, 0.1) is 0 Å². The Morgan fingerprint density at radius 2 is 2.25 bits per heavy atom. The number of nitrogens with one attached hydrogen (secondary N) is 1. The minimum Gasteiger partial charge on any atom is -0.477 e.